The minimum absolute atomic E-state index is 2.03. The Morgan fingerprint density at radius 1 is 1.75 bits per heavy atom. The Hall–Kier alpha value is -0.750. The van der Waals surface area contributed by atoms with E-state index in [2.05, 4.69) is 10.6 Å². The minimum atomic E-state index is -4.26. The molecule has 6 heteroatoms. The monoisotopic (exact) mass is 127 g/mol. The Morgan fingerprint density at radius 3 is 2.12 bits per heavy atom. The van der Waals surface area contributed by atoms with E-state index in [0.717, 1.165) is 0 Å². The van der Waals surface area contributed by atoms with Crippen molar-refractivity contribution in [2.24, 2.45) is 5.73 Å². The van der Waals surface area contributed by atoms with Crippen LogP contribution in [0.5, 0.6) is 0 Å². The Balaban J connectivity index is 3.91. The second kappa shape index (κ2) is 2.01. The molecule has 0 aliphatic heterocycles. The van der Waals surface area contributed by atoms with Crippen LogP contribution >= 0.6 is 0 Å². The lowest BCUT2D eigenvalue weighted by atomic mass is 10.6. The van der Waals surface area contributed by atoms with Gasteiger partial charge in [0.25, 0.3) is 0 Å². The first-order valence-electron chi connectivity index (χ1n) is 1.51. The maximum absolute atomic E-state index is 11.3. The Morgan fingerprint density at radius 2 is 2.12 bits per heavy atom. The zero-order valence-corrected chi connectivity index (χ0v) is 3.60. The summed E-state index contributed by atoms with van der Waals surface area (Å²) in [6.45, 7) is 0. The number of amides is 1. The molecule has 0 heterocycles. The van der Waals surface area contributed by atoms with Crippen molar-refractivity contribution in [3.05, 3.63) is 0 Å². The van der Waals surface area contributed by atoms with Crippen LogP contribution < -0.4 is 5.73 Å². The van der Waals surface area contributed by atoms with E-state index in [1.54, 1.807) is 0 Å². The van der Waals surface area contributed by atoms with Gasteiger partial charge in [0.05, 0.1) is 0 Å². The molecule has 0 fully saturated rings. The number of primary amides is 1. The summed E-state index contributed by atoms with van der Waals surface area (Å²) >= 11 is 0. The average Bonchev–Trinajstić information content (AvgIpc) is 1.67. The summed E-state index contributed by atoms with van der Waals surface area (Å²) in [6, 6.07) is 0. The van der Waals surface area contributed by atoms with Gasteiger partial charge in [-0.25, -0.2) is 5.26 Å². The van der Waals surface area contributed by atoms with Gasteiger partial charge in [-0.15, -0.1) is 0 Å². The van der Waals surface area contributed by atoms with E-state index in [1.165, 1.54) is 0 Å². The standard InChI is InChI=1S/C2H3F2NO3/c3-2(4,8-7)1(5)6/h7H,(H2,5,6). The van der Waals surface area contributed by atoms with Gasteiger partial charge in [-0.3, -0.25) is 4.79 Å². The molecule has 1 amide bonds. The van der Waals surface area contributed by atoms with Crippen LogP contribution in [0.4, 0.5) is 8.78 Å². The summed E-state index contributed by atoms with van der Waals surface area (Å²) in [5, 5.41) is 7.21. The highest BCUT2D eigenvalue weighted by molar-refractivity contribution is 5.79. The van der Waals surface area contributed by atoms with Gasteiger partial charge in [0.15, 0.2) is 0 Å². The molecule has 0 saturated carbocycles. The van der Waals surface area contributed by atoms with E-state index in [1.807, 2.05) is 0 Å². The zero-order valence-electron chi connectivity index (χ0n) is 3.60. The molecule has 0 aliphatic rings. The van der Waals surface area contributed by atoms with E-state index >= 15 is 0 Å². The summed E-state index contributed by atoms with van der Waals surface area (Å²) in [7, 11) is 0. The quantitative estimate of drug-likeness (QED) is 0.390. The summed E-state index contributed by atoms with van der Waals surface area (Å²) in [5.74, 6) is -2.03. The first-order valence-corrected chi connectivity index (χ1v) is 1.51. The van der Waals surface area contributed by atoms with E-state index in [-0.39, 0.29) is 0 Å². The van der Waals surface area contributed by atoms with Gasteiger partial charge in [0.2, 0.25) is 0 Å². The van der Waals surface area contributed by atoms with Gasteiger partial charge >= 0.3 is 12.0 Å². The van der Waals surface area contributed by atoms with Crippen LogP contribution in [0.3, 0.4) is 0 Å². The molecule has 0 aromatic rings. The summed E-state index contributed by atoms with van der Waals surface area (Å²) in [5.41, 5.74) is 4.01. The molecule has 0 bridgehead atoms. The third kappa shape index (κ3) is 1.39. The van der Waals surface area contributed by atoms with E-state index < -0.39 is 12.0 Å². The summed E-state index contributed by atoms with van der Waals surface area (Å²) in [6.07, 6.45) is -4.26. The van der Waals surface area contributed by atoms with Crippen molar-refractivity contribution in [1.29, 1.82) is 0 Å². The largest absolute Gasteiger partial charge is 0.462 e. The van der Waals surface area contributed by atoms with Crippen LogP contribution in [0.1, 0.15) is 0 Å². The maximum atomic E-state index is 11.3. The number of rotatable bonds is 2. The number of halogens is 2. The third-order valence-corrected chi connectivity index (χ3v) is 0.402. The van der Waals surface area contributed by atoms with Crippen LogP contribution in [-0.4, -0.2) is 17.3 Å². The van der Waals surface area contributed by atoms with Gasteiger partial charge in [-0.05, 0) is 0 Å². The lowest BCUT2D eigenvalue weighted by molar-refractivity contribution is -0.392. The first-order chi connectivity index (χ1) is 3.50. The average molecular weight is 127 g/mol. The predicted molar refractivity (Wildman–Crippen MR) is 17.9 cm³/mol. The molecule has 0 saturated heterocycles. The van der Waals surface area contributed by atoms with Crippen LogP contribution in [0.15, 0.2) is 0 Å². The smallest absolute Gasteiger partial charge is 0.362 e. The second-order valence-corrected chi connectivity index (χ2v) is 0.972. The Bertz CT molecular complexity index is 103. The van der Waals surface area contributed by atoms with Gasteiger partial charge in [0.1, 0.15) is 0 Å². The highest BCUT2D eigenvalue weighted by atomic mass is 19.3. The predicted octanol–water partition coefficient (Wildman–Crippen LogP) is -0.446. The number of hydrogen-bond acceptors (Lipinski definition) is 3. The number of hydrogen-bond donors (Lipinski definition) is 2. The van der Waals surface area contributed by atoms with E-state index in [4.69, 9.17) is 5.26 Å². The Labute approximate surface area is 42.8 Å². The van der Waals surface area contributed by atoms with Crippen molar-refractivity contribution in [1.82, 2.24) is 0 Å². The van der Waals surface area contributed by atoms with E-state index in [0.29, 0.717) is 0 Å². The van der Waals surface area contributed by atoms with Gasteiger partial charge in [0, 0.05) is 0 Å². The molecule has 0 unspecified atom stereocenters. The third-order valence-electron chi connectivity index (χ3n) is 0.402. The lowest BCUT2D eigenvalue weighted by Gasteiger charge is -2.04. The molecule has 0 atom stereocenters. The van der Waals surface area contributed by atoms with Crippen LogP contribution in [-0.2, 0) is 9.68 Å². The van der Waals surface area contributed by atoms with Crippen molar-refractivity contribution < 1.29 is 23.7 Å². The van der Waals surface area contributed by atoms with Crippen molar-refractivity contribution in [3.8, 4) is 0 Å². The second-order valence-electron chi connectivity index (χ2n) is 0.972. The number of nitrogens with two attached hydrogens (primary N) is 1. The molecule has 0 spiro atoms. The molecule has 0 aliphatic carbocycles. The molecule has 8 heavy (non-hydrogen) atoms. The highest BCUT2D eigenvalue weighted by Gasteiger charge is 2.38. The maximum Gasteiger partial charge on any atom is 0.462 e. The topological polar surface area (TPSA) is 72.6 Å². The van der Waals surface area contributed by atoms with Crippen molar-refractivity contribution in [2.75, 3.05) is 0 Å². The van der Waals surface area contributed by atoms with Crippen molar-refractivity contribution >= 4 is 5.91 Å². The number of carbonyl (C=O) groups is 1. The fourth-order valence-electron chi connectivity index (χ4n) is 0.0450. The number of alkyl halides is 2. The molecular weight excluding hydrogens is 124 g/mol. The van der Waals surface area contributed by atoms with Crippen molar-refractivity contribution in [3.63, 3.8) is 0 Å². The minimum Gasteiger partial charge on any atom is -0.362 e. The summed E-state index contributed by atoms with van der Waals surface area (Å²) in [4.78, 5) is 11.8. The highest BCUT2D eigenvalue weighted by Crippen LogP contribution is 2.10. The fourth-order valence-corrected chi connectivity index (χ4v) is 0.0450. The van der Waals surface area contributed by atoms with Gasteiger partial charge in [-0.2, -0.15) is 13.7 Å². The Kier molecular flexibility index (Phi) is 1.82. The molecule has 0 aromatic carbocycles. The summed E-state index contributed by atoms with van der Waals surface area (Å²) < 4.78 is 22.7. The normalized spacial score (nSPS) is 11.4. The fraction of sp³-hybridized carbons (Fsp3) is 0.500. The van der Waals surface area contributed by atoms with Crippen LogP contribution in [0.2, 0.25) is 0 Å². The molecular formula is C2H3F2NO3. The molecule has 0 radical (unpaired) electrons. The molecule has 48 valence electrons. The SMILES string of the molecule is NC(=O)C(F)(F)OO. The molecule has 3 N–H and O–H groups in total. The number of carbonyl (C=O) groups excluding carboxylic acids is 1. The van der Waals surface area contributed by atoms with Gasteiger partial charge < -0.3 is 5.73 Å². The first kappa shape index (κ1) is 7.25. The lowest BCUT2D eigenvalue weighted by Crippen LogP contribution is -2.37. The molecule has 4 nitrogen and oxygen atoms in total. The zero-order chi connectivity index (χ0) is 6.78. The van der Waals surface area contributed by atoms with Gasteiger partial charge in [-0.1, -0.05) is 0 Å². The molecule has 0 rings (SSSR count). The van der Waals surface area contributed by atoms with Crippen molar-refractivity contribution in [2.45, 2.75) is 6.11 Å². The van der Waals surface area contributed by atoms with Crippen LogP contribution in [0.25, 0.3) is 0 Å². The molecule has 0 aromatic heterocycles. The van der Waals surface area contributed by atoms with Crippen LogP contribution in [0, 0.1) is 0 Å². The van der Waals surface area contributed by atoms with E-state index in [9.17, 15) is 13.6 Å².